The number of rotatable bonds is 7. The van der Waals surface area contributed by atoms with Crippen LogP contribution in [0.3, 0.4) is 0 Å². The van der Waals surface area contributed by atoms with Crippen LogP contribution in [0.2, 0.25) is 0 Å². The zero-order chi connectivity index (χ0) is 18.2. The van der Waals surface area contributed by atoms with E-state index in [4.69, 9.17) is 9.47 Å². The highest BCUT2D eigenvalue weighted by Gasteiger charge is 2.19. The lowest BCUT2D eigenvalue weighted by molar-refractivity contribution is -0.155. The first-order valence-corrected chi connectivity index (χ1v) is 9.27. The van der Waals surface area contributed by atoms with Crippen LogP contribution >= 0.6 is 0 Å². The molecule has 5 nitrogen and oxygen atoms in total. The highest BCUT2D eigenvalue weighted by atomic mass is 16.6. The molecule has 1 aliphatic rings. The van der Waals surface area contributed by atoms with Crippen LogP contribution in [0.15, 0.2) is 24.3 Å². The van der Waals surface area contributed by atoms with E-state index in [0.717, 1.165) is 19.3 Å². The molecule has 0 radical (unpaired) electrons. The lowest BCUT2D eigenvalue weighted by Gasteiger charge is -2.22. The summed E-state index contributed by atoms with van der Waals surface area (Å²) < 4.78 is 10.9. The minimum Gasteiger partial charge on any atom is -0.479 e. The maximum Gasteiger partial charge on any atom is 0.347 e. The fourth-order valence-corrected chi connectivity index (χ4v) is 2.83. The Kier molecular flexibility index (Phi) is 7.29. The monoisotopic (exact) mass is 347 g/mol. The molecule has 2 rings (SSSR count). The molecule has 0 aliphatic heterocycles. The summed E-state index contributed by atoms with van der Waals surface area (Å²) in [5.74, 6) is 0.110. The van der Waals surface area contributed by atoms with Gasteiger partial charge >= 0.3 is 5.97 Å². The number of hydrogen-bond donors (Lipinski definition) is 1. The number of carbonyl (C=O) groups excluding carboxylic acids is 2. The fourth-order valence-electron chi connectivity index (χ4n) is 2.83. The van der Waals surface area contributed by atoms with Crippen molar-refractivity contribution in [1.82, 2.24) is 5.32 Å². The molecule has 0 aromatic heterocycles. The molecule has 1 aromatic rings. The van der Waals surface area contributed by atoms with E-state index >= 15 is 0 Å². The molecule has 1 aliphatic carbocycles. The fraction of sp³-hybridized carbons (Fsp3) is 0.600. The van der Waals surface area contributed by atoms with Crippen LogP contribution in [-0.4, -0.2) is 30.1 Å². The van der Waals surface area contributed by atoms with Crippen LogP contribution in [0.1, 0.15) is 69.7 Å². The molecule has 1 amide bonds. The van der Waals surface area contributed by atoms with Gasteiger partial charge in [0.15, 0.2) is 6.10 Å². The molecule has 0 saturated heterocycles. The number of benzene rings is 1. The summed E-state index contributed by atoms with van der Waals surface area (Å²) >= 11 is 0. The zero-order valence-corrected chi connectivity index (χ0v) is 15.4. The van der Waals surface area contributed by atoms with Crippen molar-refractivity contribution in [3.8, 4) is 5.75 Å². The lowest BCUT2D eigenvalue weighted by Crippen LogP contribution is -2.36. The van der Waals surface area contributed by atoms with Crippen molar-refractivity contribution in [2.45, 2.75) is 77.5 Å². The summed E-state index contributed by atoms with van der Waals surface area (Å²) in [6.45, 7) is 5.47. The highest BCUT2D eigenvalue weighted by molar-refractivity contribution is 5.94. The minimum atomic E-state index is -0.684. The SMILES string of the molecule is CC[C@@H](C)OC(=O)[C@H](C)Oc1ccc(C(=O)NC2CCCCC2)cc1. The van der Waals surface area contributed by atoms with E-state index < -0.39 is 6.10 Å². The van der Waals surface area contributed by atoms with Crippen LogP contribution in [0.4, 0.5) is 0 Å². The van der Waals surface area contributed by atoms with Gasteiger partial charge in [0.1, 0.15) is 5.75 Å². The van der Waals surface area contributed by atoms with Gasteiger partial charge in [0.25, 0.3) is 5.91 Å². The summed E-state index contributed by atoms with van der Waals surface area (Å²) in [5.41, 5.74) is 0.604. The quantitative estimate of drug-likeness (QED) is 0.761. The normalized spacial score (nSPS) is 17.4. The van der Waals surface area contributed by atoms with Gasteiger partial charge in [-0.25, -0.2) is 4.79 Å². The van der Waals surface area contributed by atoms with Crippen molar-refractivity contribution in [2.24, 2.45) is 0 Å². The lowest BCUT2D eigenvalue weighted by atomic mass is 9.95. The number of hydrogen-bond acceptors (Lipinski definition) is 4. The highest BCUT2D eigenvalue weighted by Crippen LogP contribution is 2.19. The van der Waals surface area contributed by atoms with Crippen LogP contribution in [-0.2, 0) is 9.53 Å². The third-order valence-electron chi connectivity index (χ3n) is 4.59. The molecule has 0 heterocycles. The van der Waals surface area contributed by atoms with Gasteiger partial charge in [0.2, 0.25) is 0 Å². The van der Waals surface area contributed by atoms with Gasteiger partial charge in [-0.2, -0.15) is 0 Å². The Morgan fingerprint density at radius 1 is 1.12 bits per heavy atom. The molecule has 25 heavy (non-hydrogen) atoms. The minimum absolute atomic E-state index is 0.0531. The van der Waals surface area contributed by atoms with E-state index in [1.807, 2.05) is 13.8 Å². The summed E-state index contributed by atoms with van der Waals surface area (Å²) in [7, 11) is 0. The Morgan fingerprint density at radius 3 is 2.36 bits per heavy atom. The van der Waals surface area contributed by atoms with Crippen molar-refractivity contribution >= 4 is 11.9 Å². The molecule has 0 bridgehead atoms. The molecular weight excluding hydrogens is 318 g/mol. The predicted molar refractivity (Wildman–Crippen MR) is 96.7 cm³/mol. The molecule has 0 spiro atoms. The van der Waals surface area contributed by atoms with E-state index in [1.54, 1.807) is 31.2 Å². The smallest absolute Gasteiger partial charge is 0.347 e. The molecule has 1 N–H and O–H groups in total. The summed E-state index contributed by atoms with van der Waals surface area (Å²) in [5, 5.41) is 3.09. The topological polar surface area (TPSA) is 64.6 Å². The standard InChI is InChI=1S/C20H29NO4/c1-4-14(2)24-20(23)15(3)25-18-12-10-16(11-13-18)19(22)21-17-8-6-5-7-9-17/h10-15,17H,4-9H2,1-3H3,(H,21,22)/t14-,15+/m1/s1. The first-order chi connectivity index (χ1) is 12.0. The van der Waals surface area contributed by atoms with Crippen LogP contribution in [0.25, 0.3) is 0 Å². The summed E-state index contributed by atoms with van der Waals surface area (Å²) in [6, 6.07) is 7.15. The van der Waals surface area contributed by atoms with E-state index in [0.29, 0.717) is 11.3 Å². The van der Waals surface area contributed by atoms with E-state index in [9.17, 15) is 9.59 Å². The number of ether oxygens (including phenoxy) is 2. The molecule has 0 unspecified atom stereocenters. The Balaban J connectivity index is 1.86. The second kappa shape index (κ2) is 9.44. The number of carbonyl (C=O) groups is 2. The predicted octanol–water partition coefficient (Wildman–Crippen LogP) is 3.86. The van der Waals surface area contributed by atoms with Crippen molar-refractivity contribution in [2.75, 3.05) is 0 Å². The van der Waals surface area contributed by atoms with Crippen molar-refractivity contribution in [3.05, 3.63) is 29.8 Å². The Labute approximate surface area is 150 Å². The summed E-state index contributed by atoms with van der Waals surface area (Å²) in [6.07, 6.45) is 5.70. The Morgan fingerprint density at radius 2 is 1.76 bits per heavy atom. The average Bonchev–Trinajstić information content (AvgIpc) is 2.62. The third-order valence-corrected chi connectivity index (χ3v) is 4.59. The van der Waals surface area contributed by atoms with Crippen molar-refractivity contribution in [3.63, 3.8) is 0 Å². The molecule has 2 atom stereocenters. The van der Waals surface area contributed by atoms with Crippen LogP contribution < -0.4 is 10.1 Å². The second-order valence-corrected chi connectivity index (χ2v) is 6.75. The molecule has 138 valence electrons. The van der Waals surface area contributed by atoms with Crippen molar-refractivity contribution in [1.29, 1.82) is 0 Å². The van der Waals surface area contributed by atoms with Crippen LogP contribution in [0, 0.1) is 0 Å². The van der Waals surface area contributed by atoms with Gasteiger partial charge in [0.05, 0.1) is 6.10 Å². The number of amides is 1. The third kappa shape index (κ3) is 6.07. The van der Waals surface area contributed by atoms with Gasteiger partial charge in [0, 0.05) is 11.6 Å². The van der Waals surface area contributed by atoms with Crippen LogP contribution in [0.5, 0.6) is 5.75 Å². The first-order valence-electron chi connectivity index (χ1n) is 9.27. The van der Waals surface area contributed by atoms with Gasteiger partial charge in [-0.3, -0.25) is 4.79 Å². The van der Waals surface area contributed by atoms with E-state index in [-0.39, 0.29) is 24.0 Å². The maximum absolute atomic E-state index is 12.3. The average molecular weight is 347 g/mol. The largest absolute Gasteiger partial charge is 0.479 e. The first kappa shape index (κ1) is 19.3. The Hall–Kier alpha value is -2.04. The van der Waals surface area contributed by atoms with Gasteiger partial charge in [-0.1, -0.05) is 26.2 Å². The van der Waals surface area contributed by atoms with E-state index in [2.05, 4.69) is 5.32 Å². The van der Waals surface area contributed by atoms with Gasteiger partial charge in [-0.15, -0.1) is 0 Å². The van der Waals surface area contributed by atoms with E-state index in [1.165, 1.54) is 19.3 Å². The molecule has 1 fully saturated rings. The van der Waals surface area contributed by atoms with Gasteiger partial charge < -0.3 is 14.8 Å². The Bertz CT molecular complexity index is 564. The molecule has 1 aromatic carbocycles. The number of nitrogens with one attached hydrogen (secondary N) is 1. The summed E-state index contributed by atoms with van der Waals surface area (Å²) in [4.78, 5) is 24.2. The molecule has 5 heteroatoms. The zero-order valence-electron chi connectivity index (χ0n) is 15.4. The van der Waals surface area contributed by atoms with Gasteiger partial charge in [-0.05, 0) is 57.4 Å². The number of esters is 1. The molecule has 1 saturated carbocycles. The van der Waals surface area contributed by atoms with Crippen molar-refractivity contribution < 1.29 is 19.1 Å². The maximum atomic E-state index is 12.3. The molecular formula is C20H29NO4. The second-order valence-electron chi connectivity index (χ2n) is 6.75.